The molecule has 0 atom stereocenters. The summed E-state index contributed by atoms with van der Waals surface area (Å²) in [7, 11) is 7.54. The van der Waals surface area contributed by atoms with Gasteiger partial charge in [0.15, 0.2) is 5.96 Å². The minimum Gasteiger partial charge on any atom is -0.383 e. The van der Waals surface area contributed by atoms with E-state index in [1.807, 2.05) is 0 Å². The Morgan fingerprint density at radius 2 is 1.74 bits per heavy atom. The van der Waals surface area contributed by atoms with Crippen LogP contribution in [0.25, 0.3) is 0 Å². The van der Waals surface area contributed by atoms with Gasteiger partial charge in [-0.25, -0.2) is 4.99 Å². The highest BCUT2D eigenvalue weighted by molar-refractivity contribution is 5.84. The molecule has 7 nitrogen and oxygen atoms in total. The van der Waals surface area contributed by atoms with Gasteiger partial charge in [-0.15, -0.1) is 0 Å². The molecule has 31 heavy (non-hydrogen) atoms. The lowest BCUT2D eigenvalue weighted by Gasteiger charge is -2.35. The summed E-state index contributed by atoms with van der Waals surface area (Å²) < 4.78 is 5.16. The maximum absolute atomic E-state index is 12.1. The molecule has 1 amide bonds. The molecule has 1 heterocycles. The lowest BCUT2D eigenvalue weighted by molar-refractivity contribution is -0.127. The number of amides is 1. The minimum atomic E-state index is 0.0597. The van der Waals surface area contributed by atoms with E-state index in [1.165, 1.54) is 57.8 Å². The van der Waals surface area contributed by atoms with Crippen LogP contribution >= 0.6 is 0 Å². The molecule has 0 aromatic carbocycles. The summed E-state index contributed by atoms with van der Waals surface area (Å²) in [4.78, 5) is 23.2. The molecule has 0 aromatic rings. The monoisotopic (exact) mass is 437 g/mol. The standard InChI is InChI=1S/C24H47N5O2/c1-27(2)23(30)20-26-24(25-19-22-9-6-5-7-10-22)29-15-12-21(13-16-29)11-8-14-28(3)17-18-31-4/h21-22H,5-20H2,1-4H3,(H,25,26). The molecule has 0 aromatic heterocycles. The first-order valence-corrected chi connectivity index (χ1v) is 12.4. The van der Waals surface area contributed by atoms with E-state index < -0.39 is 0 Å². The van der Waals surface area contributed by atoms with Crippen molar-refractivity contribution in [3.63, 3.8) is 0 Å². The van der Waals surface area contributed by atoms with Crippen molar-refractivity contribution in [1.82, 2.24) is 20.0 Å². The van der Waals surface area contributed by atoms with Crippen molar-refractivity contribution >= 4 is 11.9 Å². The van der Waals surface area contributed by atoms with Crippen molar-refractivity contribution in [2.24, 2.45) is 16.8 Å². The van der Waals surface area contributed by atoms with Gasteiger partial charge in [0.05, 0.1) is 6.61 Å². The molecular formula is C24H47N5O2. The molecule has 0 unspecified atom stereocenters. The van der Waals surface area contributed by atoms with E-state index in [2.05, 4.69) is 22.2 Å². The van der Waals surface area contributed by atoms with E-state index in [4.69, 9.17) is 9.73 Å². The smallest absolute Gasteiger partial charge is 0.243 e. The number of carbonyl (C=O) groups excluding carboxylic acids is 1. The van der Waals surface area contributed by atoms with Crippen LogP contribution in [0.3, 0.4) is 0 Å². The highest BCUT2D eigenvalue weighted by Crippen LogP contribution is 2.24. The summed E-state index contributed by atoms with van der Waals surface area (Å²) in [6, 6.07) is 0. The average Bonchev–Trinajstić information content (AvgIpc) is 2.78. The zero-order valence-corrected chi connectivity index (χ0v) is 20.6. The summed E-state index contributed by atoms with van der Waals surface area (Å²) in [5, 5.41) is 3.63. The third kappa shape index (κ3) is 10.2. The molecule has 0 bridgehead atoms. The second kappa shape index (κ2) is 14.7. The van der Waals surface area contributed by atoms with E-state index >= 15 is 0 Å². The lowest BCUT2D eigenvalue weighted by Crippen LogP contribution is -2.47. The van der Waals surface area contributed by atoms with Crippen LogP contribution < -0.4 is 5.32 Å². The Morgan fingerprint density at radius 3 is 2.39 bits per heavy atom. The highest BCUT2D eigenvalue weighted by Gasteiger charge is 2.23. The second-order valence-electron chi connectivity index (χ2n) is 9.68. The van der Waals surface area contributed by atoms with E-state index in [0.29, 0.717) is 0 Å². The molecule has 1 saturated carbocycles. The van der Waals surface area contributed by atoms with Crippen LogP contribution in [0.2, 0.25) is 0 Å². The Kier molecular flexibility index (Phi) is 12.3. The summed E-state index contributed by atoms with van der Waals surface area (Å²) >= 11 is 0. The normalized spacial score (nSPS) is 19.1. The van der Waals surface area contributed by atoms with Crippen LogP contribution in [-0.2, 0) is 9.53 Å². The van der Waals surface area contributed by atoms with E-state index in [1.54, 1.807) is 26.1 Å². The fraction of sp³-hybridized carbons (Fsp3) is 0.917. The summed E-state index contributed by atoms with van der Waals surface area (Å²) in [6.07, 6.45) is 11.7. The van der Waals surface area contributed by atoms with Crippen LogP contribution in [0.4, 0.5) is 0 Å². The van der Waals surface area contributed by atoms with Gasteiger partial charge in [-0.1, -0.05) is 19.3 Å². The molecule has 1 aliphatic heterocycles. The van der Waals surface area contributed by atoms with Gasteiger partial charge >= 0.3 is 0 Å². The number of ether oxygens (including phenoxy) is 1. The predicted molar refractivity (Wildman–Crippen MR) is 128 cm³/mol. The SMILES string of the molecule is COCCN(C)CCCC1CCN(C(=NCC(=O)N(C)C)NCC2CCCCC2)CC1. The van der Waals surface area contributed by atoms with Gasteiger partial charge in [-0.05, 0) is 64.0 Å². The Balaban J connectivity index is 1.79. The molecular weight excluding hydrogens is 390 g/mol. The van der Waals surface area contributed by atoms with Gasteiger partial charge in [-0.2, -0.15) is 0 Å². The number of nitrogens with one attached hydrogen (secondary N) is 1. The summed E-state index contributed by atoms with van der Waals surface area (Å²) in [5.74, 6) is 2.55. The summed E-state index contributed by atoms with van der Waals surface area (Å²) in [5.41, 5.74) is 0. The Labute approximate surface area is 190 Å². The van der Waals surface area contributed by atoms with E-state index in [0.717, 1.165) is 57.1 Å². The highest BCUT2D eigenvalue weighted by atomic mass is 16.5. The molecule has 0 spiro atoms. The topological polar surface area (TPSA) is 60.4 Å². The van der Waals surface area contributed by atoms with Crippen molar-refractivity contribution < 1.29 is 9.53 Å². The zero-order chi connectivity index (χ0) is 22.5. The van der Waals surface area contributed by atoms with Crippen LogP contribution in [0.5, 0.6) is 0 Å². The molecule has 2 rings (SSSR count). The van der Waals surface area contributed by atoms with E-state index in [-0.39, 0.29) is 12.5 Å². The fourth-order valence-electron chi connectivity index (χ4n) is 4.62. The molecule has 1 saturated heterocycles. The Hall–Kier alpha value is -1.34. The summed E-state index contributed by atoms with van der Waals surface area (Å²) in [6.45, 7) is 6.25. The molecule has 7 heteroatoms. The molecule has 0 radical (unpaired) electrons. The number of aliphatic imine (C=N–C) groups is 1. The van der Waals surface area contributed by atoms with Crippen molar-refractivity contribution in [2.45, 2.75) is 57.8 Å². The third-order valence-corrected chi connectivity index (χ3v) is 6.88. The number of methoxy groups -OCH3 is 1. The number of nitrogens with zero attached hydrogens (tertiary/aromatic N) is 4. The average molecular weight is 438 g/mol. The maximum Gasteiger partial charge on any atom is 0.243 e. The van der Waals surface area contributed by atoms with Gasteiger partial charge in [0.1, 0.15) is 6.54 Å². The van der Waals surface area contributed by atoms with Crippen molar-refractivity contribution in [3.05, 3.63) is 0 Å². The quantitative estimate of drug-likeness (QED) is 0.398. The Morgan fingerprint density at radius 1 is 1.03 bits per heavy atom. The minimum absolute atomic E-state index is 0.0597. The first kappa shape index (κ1) is 25.9. The van der Waals surface area contributed by atoms with Crippen molar-refractivity contribution in [3.8, 4) is 0 Å². The van der Waals surface area contributed by atoms with Crippen molar-refractivity contribution in [2.75, 3.05) is 74.1 Å². The predicted octanol–water partition coefficient (Wildman–Crippen LogP) is 2.67. The Bertz CT molecular complexity index is 526. The van der Waals surface area contributed by atoms with Gasteiger partial charge in [0.2, 0.25) is 5.91 Å². The van der Waals surface area contributed by atoms with Gasteiger partial charge < -0.3 is 24.8 Å². The number of guanidine groups is 1. The van der Waals surface area contributed by atoms with Crippen LogP contribution in [-0.4, -0.2) is 101 Å². The van der Waals surface area contributed by atoms with Gasteiger partial charge in [-0.3, -0.25) is 4.79 Å². The molecule has 2 fully saturated rings. The first-order chi connectivity index (χ1) is 15.0. The molecule has 1 aliphatic carbocycles. The molecule has 180 valence electrons. The number of piperidine rings is 1. The number of likely N-dealkylation sites (tertiary alicyclic amines) is 1. The fourth-order valence-corrected chi connectivity index (χ4v) is 4.62. The number of hydrogen-bond donors (Lipinski definition) is 1. The van der Waals surface area contributed by atoms with Crippen LogP contribution in [0, 0.1) is 11.8 Å². The largest absolute Gasteiger partial charge is 0.383 e. The van der Waals surface area contributed by atoms with Gasteiger partial charge in [0.25, 0.3) is 0 Å². The number of carbonyl (C=O) groups is 1. The molecule has 2 aliphatic rings. The number of likely N-dealkylation sites (N-methyl/N-ethyl adjacent to an activating group) is 2. The zero-order valence-electron chi connectivity index (χ0n) is 20.6. The lowest BCUT2D eigenvalue weighted by atomic mass is 9.89. The van der Waals surface area contributed by atoms with Crippen LogP contribution in [0.1, 0.15) is 57.8 Å². The van der Waals surface area contributed by atoms with Crippen LogP contribution in [0.15, 0.2) is 4.99 Å². The number of hydrogen-bond acceptors (Lipinski definition) is 4. The molecule has 1 N–H and O–H groups in total. The van der Waals surface area contributed by atoms with E-state index in [9.17, 15) is 4.79 Å². The second-order valence-corrected chi connectivity index (χ2v) is 9.68. The maximum atomic E-state index is 12.1. The number of rotatable bonds is 11. The first-order valence-electron chi connectivity index (χ1n) is 12.4. The van der Waals surface area contributed by atoms with Gasteiger partial charge in [0, 0.05) is 47.4 Å². The van der Waals surface area contributed by atoms with Crippen molar-refractivity contribution in [1.29, 1.82) is 0 Å². The third-order valence-electron chi connectivity index (χ3n) is 6.88.